The smallest absolute Gasteiger partial charge is 0.250 e. The Morgan fingerprint density at radius 1 is 1.27 bits per heavy atom. The van der Waals surface area contributed by atoms with Crippen LogP contribution in [0.1, 0.15) is 25.3 Å². The number of Topliss-reactive ketones (excluding diaryl/α,β-unsaturated/α-hetero) is 1. The molecule has 1 fully saturated rings. The first-order valence-electron chi connectivity index (χ1n) is 11.2. The fourth-order valence-electron chi connectivity index (χ4n) is 4.93. The van der Waals surface area contributed by atoms with Crippen molar-refractivity contribution in [2.45, 2.75) is 32.7 Å². The van der Waals surface area contributed by atoms with Crippen molar-refractivity contribution in [3.8, 4) is 5.88 Å². The molecule has 1 atom stereocenters. The second kappa shape index (κ2) is 8.86. The Bertz CT molecular complexity index is 1180. The van der Waals surface area contributed by atoms with Gasteiger partial charge in [0.25, 0.3) is 5.91 Å². The van der Waals surface area contributed by atoms with Crippen LogP contribution in [0.2, 0.25) is 0 Å². The third-order valence-corrected chi connectivity index (χ3v) is 6.41. The number of amides is 1. The molecule has 1 unspecified atom stereocenters. The lowest BCUT2D eigenvalue weighted by Crippen LogP contribution is -2.44. The second-order valence-corrected chi connectivity index (χ2v) is 9.15. The van der Waals surface area contributed by atoms with Gasteiger partial charge in [-0.25, -0.2) is 4.98 Å². The van der Waals surface area contributed by atoms with E-state index in [1.807, 2.05) is 44.1 Å². The van der Waals surface area contributed by atoms with Crippen LogP contribution in [0.15, 0.2) is 47.3 Å². The molecular weight excluding hydrogens is 418 g/mol. The molecule has 4 rings (SSSR count). The van der Waals surface area contributed by atoms with Crippen LogP contribution in [0.25, 0.3) is 10.9 Å². The fraction of sp³-hybridized carbons (Fsp3) is 0.400. The molecule has 1 amide bonds. The van der Waals surface area contributed by atoms with E-state index in [0.717, 1.165) is 48.3 Å². The minimum absolute atomic E-state index is 0.0210. The van der Waals surface area contributed by atoms with E-state index in [0.29, 0.717) is 23.3 Å². The molecule has 1 aromatic carbocycles. The molecule has 3 heterocycles. The maximum absolute atomic E-state index is 12.6. The number of hydrogen-bond acceptors (Lipinski definition) is 7. The minimum atomic E-state index is -0.520. The zero-order chi connectivity index (χ0) is 23.9. The zero-order valence-electron chi connectivity index (χ0n) is 19.6. The molecule has 2 aliphatic heterocycles. The number of ketones is 1. The summed E-state index contributed by atoms with van der Waals surface area (Å²) in [4.78, 5) is 35.6. The summed E-state index contributed by atoms with van der Waals surface area (Å²) in [5.74, 6) is -0.681. The number of pyridine rings is 1. The van der Waals surface area contributed by atoms with E-state index in [4.69, 9.17) is 5.73 Å². The van der Waals surface area contributed by atoms with Crippen molar-refractivity contribution in [3.63, 3.8) is 0 Å². The molecule has 33 heavy (non-hydrogen) atoms. The Balaban J connectivity index is 1.81. The van der Waals surface area contributed by atoms with Crippen LogP contribution in [0.3, 0.4) is 0 Å². The molecule has 3 N–H and O–H groups in total. The van der Waals surface area contributed by atoms with Crippen LogP contribution in [0.5, 0.6) is 5.88 Å². The Morgan fingerprint density at radius 2 is 2.03 bits per heavy atom. The molecule has 0 spiro atoms. The van der Waals surface area contributed by atoms with Crippen LogP contribution in [-0.2, 0) is 9.59 Å². The number of nitrogens with two attached hydrogens (primary N) is 1. The lowest BCUT2D eigenvalue weighted by atomic mass is 10.0. The minimum Gasteiger partial charge on any atom is -0.493 e. The highest BCUT2D eigenvalue weighted by molar-refractivity contribution is 6.04. The Labute approximate surface area is 194 Å². The summed E-state index contributed by atoms with van der Waals surface area (Å²) in [6.07, 6.45) is 3.73. The third kappa shape index (κ3) is 4.43. The number of hydrogen-bond donors (Lipinski definition) is 2. The first-order chi connectivity index (χ1) is 15.7. The van der Waals surface area contributed by atoms with Crippen LogP contribution in [0, 0.1) is 6.92 Å². The van der Waals surface area contributed by atoms with Gasteiger partial charge in [-0.15, -0.1) is 0 Å². The summed E-state index contributed by atoms with van der Waals surface area (Å²) < 4.78 is 0. The number of primary amides is 1. The van der Waals surface area contributed by atoms with E-state index in [1.54, 1.807) is 12.1 Å². The Hall–Kier alpha value is -3.39. The molecule has 2 aliphatic rings. The summed E-state index contributed by atoms with van der Waals surface area (Å²) in [7, 11) is 4.09. The maximum Gasteiger partial charge on any atom is 0.250 e. The molecule has 174 valence electrons. The summed E-state index contributed by atoms with van der Waals surface area (Å²) in [5.41, 5.74) is 9.88. The van der Waals surface area contributed by atoms with Gasteiger partial charge < -0.3 is 25.5 Å². The van der Waals surface area contributed by atoms with E-state index in [2.05, 4.69) is 14.8 Å². The van der Waals surface area contributed by atoms with Gasteiger partial charge in [-0.1, -0.05) is 0 Å². The highest BCUT2D eigenvalue weighted by Crippen LogP contribution is 2.34. The molecule has 0 bridgehead atoms. The van der Waals surface area contributed by atoms with E-state index < -0.39 is 5.91 Å². The van der Waals surface area contributed by atoms with Crippen molar-refractivity contribution in [2.24, 2.45) is 5.73 Å². The fourth-order valence-corrected chi connectivity index (χ4v) is 4.93. The predicted octanol–water partition coefficient (Wildman–Crippen LogP) is 2.31. The van der Waals surface area contributed by atoms with Gasteiger partial charge in [-0.2, -0.15) is 0 Å². The third-order valence-electron chi connectivity index (χ3n) is 6.41. The summed E-state index contributed by atoms with van der Waals surface area (Å²) in [6.45, 7) is 5.52. The lowest BCUT2D eigenvalue weighted by molar-refractivity contribution is -0.114. The standard InChI is InChI=1S/C25H31N5O3/c1-15-10-24(32)27-21-8-7-17(11-19(15)21)30-14-23(20(25(26)33)12-22(30)16(2)31)29-9-5-6-18(29)13-28(3)4/h7-8,10-12,18H,5-6,9,13-14H2,1-4H3,(H2,26,33)(H,27,32). The topological polar surface area (TPSA) is 103 Å². The molecule has 0 aliphatic carbocycles. The number of carbonyl (C=O) groups excluding carboxylic acids is 2. The number of benzene rings is 1. The quantitative estimate of drug-likeness (QED) is 0.698. The van der Waals surface area contributed by atoms with Crippen molar-refractivity contribution in [1.29, 1.82) is 0 Å². The summed E-state index contributed by atoms with van der Waals surface area (Å²) in [6, 6.07) is 7.61. The molecule has 2 aromatic rings. The molecule has 8 nitrogen and oxygen atoms in total. The number of aryl methyl sites for hydroxylation is 1. The zero-order valence-corrected chi connectivity index (χ0v) is 19.6. The van der Waals surface area contributed by atoms with E-state index in [9.17, 15) is 14.7 Å². The van der Waals surface area contributed by atoms with Crippen molar-refractivity contribution >= 4 is 28.3 Å². The Morgan fingerprint density at radius 3 is 2.70 bits per heavy atom. The van der Waals surface area contributed by atoms with Crippen LogP contribution in [0.4, 0.5) is 5.69 Å². The average molecular weight is 450 g/mol. The van der Waals surface area contributed by atoms with Crippen molar-refractivity contribution in [3.05, 3.63) is 52.9 Å². The molecule has 1 aromatic heterocycles. The van der Waals surface area contributed by atoms with Gasteiger partial charge in [0.15, 0.2) is 5.78 Å². The number of aromatic nitrogens is 1. The number of likely N-dealkylation sites (N-methyl/N-ethyl adjacent to an activating group) is 1. The predicted molar refractivity (Wildman–Crippen MR) is 129 cm³/mol. The number of fused-ring (bicyclic) bond motifs is 1. The summed E-state index contributed by atoms with van der Waals surface area (Å²) >= 11 is 0. The van der Waals surface area contributed by atoms with E-state index in [1.165, 1.54) is 6.92 Å². The molecular formula is C25H31N5O3. The number of anilines is 1. The van der Waals surface area contributed by atoms with Gasteiger partial charge in [-0.05, 0) is 63.7 Å². The number of carbonyl (C=O) groups is 2. The van der Waals surface area contributed by atoms with Crippen LogP contribution < -0.4 is 10.6 Å². The lowest BCUT2D eigenvalue weighted by Gasteiger charge is -2.38. The molecule has 0 radical (unpaired) electrons. The number of allylic oxidation sites excluding steroid dienone is 1. The van der Waals surface area contributed by atoms with Crippen molar-refractivity contribution < 1.29 is 14.7 Å². The van der Waals surface area contributed by atoms with E-state index in [-0.39, 0.29) is 17.7 Å². The average Bonchev–Trinajstić information content (AvgIpc) is 3.19. The van der Waals surface area contributed by atoms with Gasteiger partial charge >= 0.3 is 0 Å². The highest BCUT2D eigenvalue weighted by atomic mass is 16.3. The van der Waals surface area contributed by atoms with Crippen molar-refractivity contribution in [2.75, 3.05) is 38.6 Å². The van der Waals surface area contributed by atoms with Crippen molar-refractivity contribution in [1.82, 2.24) is 14.8 Å². The van der Waals surface area contributed by atoms with Gasteiger partial charge in [-0.3, -0.25) is 9.59 Å². The van der Waals surface area contributed by atoms with E-state index >= 15 is 0 Å². The number of aromatic hydroxyl groups is 1. The summed E-state index contributed by atoms with van der Waals surface area (Å²) in [5, 5.41) is 10.7. The number of rotatable bonds is 6. The normalized spacial score (nSPS) is 18.9. The Kier molecular flexibility index (Phi) is 6.12. The number of nitrogens with zero attached hydrogens (tertiary/aromatic N) is 4. The monoisotopic (exact) mass is 449 g/mol. The molecule has 8 heteroatoms. The molecule has 0 saturated carbocycles. The maximum atomic E-state index is 12.6. The SMILES string of the molecule is CC(=O)C1=CC(C(N)=O)=C(N2CCCC2CN(C)C)CN1c1ccc2nc(O)cc(C)c2c1. The molecule has 1 saturated heterocycles. The second-order valence-electron chi connectivity index (χ2n) is 9.15. The van der Waals surface area contributed by atoms with Gasteiger partial charge in [0.05, 0.1) is 23.3 Å². The highest BCUT2D eigenvalue weighted by Gasteiger charge is 2.34. The van der Waals surface area contributed by atoms with Gasteiger partial charge in [0.1, 0.15) is 0 Å². The first kappa shape index (κ1) is 22.8. The number of likely N-dealkylation sites (tertiary alicyclic amines) is 1. The van der Waals surface area contributed by atoms with Crippen LogP contribution in [-0.4, -0.2) is 71.4 Å². The van der Waals surface area contributed by atoms with Gasteiger partial charge in [0.2, 0.25) is 5.88 Å². The first-order valence-corrected chi connectivity index (χ1v) is 11.2. The van der Waals surface area contributed by atoms with Gasteiger partial charge in [0, 0.05) is 48.9 Å². The largest absolute Gasteiger partial charge is 0.493 e. The van der Waals surface area contributed by atoms with Crippen LogP contribution >= 0.6 is 0 Å².